The first-order chi connectivity index (χ1) is 6.79. The number of halogens is 1. The van der Waals surface area contributed by atoms with E-state index in [-0.39, 0.29) is 6.08 Å². The van der Waals surface area contributed by atoms with Crippen LogP contribution >= 0.6 is 11.6 Å². The minimum absolute atomic E-state index is 0.139. The third kappa shape index (κ3) is 1.70. The van der Waals surface area contributed by atoms with Gasteiger partial charge in [-0.05, 0) is 18.2 Å². The summed E-state index contributed by atoms with van der Waals surface area (Å²) in [5.41, 5.74) is 0.772. The number of hydrogen-bond donors (Lipinski definition) is 0. The minimum atomic E-state index is 0.139. The Balaban J connectivity index is 2.39. The number of rotatable bonds is 2. The zero-order valence-corrected chi connectivity index (χ0v) is 8.15. The Morgan fingerprint density at radius 1 is 1.36 bits per heavy atom. The Bertz CT molecular complexity index is 442. The number of benzene rings is 1. The van der Waals surface area contributed by atoms with Crippen molar-refractivity contribution in [3.63, 3.8) is 0 Å². The Morgan fingerprint density at radius 2 is 2.21 bits per heavy atom. The zero-order chi connectivity index (χ0) is 9.97. The van der Waals surface area contributed by atoms with Gasteiger partial charge >= 0.3 is 6.08 Å². The normalized spacial score (nSPS) is 10.1. The third-order valence-corrected chi connectivity index (χ3v) is 1.89. The monoisotopic (exact) mass is 210 g/mol. The van der Waals surface area contributed by atoms with E-state index >= 15 is 0 Å². The quantitative estimate of drug-likeness (QED) is 0.764. The fourth-order valence-corrected chi connectivity index (χ4v) is 1.22. The second-order valence-electron chi connectivity index (χ2n) is 2.59. The minimum Gasteiger partial charge on any atom is -0.452 e. The summed E-state index contributed by atoms with van der Waals surface area (Å²) in [6.45, 7) is 0. The Hall–Kier alpha value is -1.55. The highest BCUT2D eigenvalue weighted by Gasteiger charge is 2.07. The van der Waals surface area contributed by atoms with Gasteiger partial charge in [0.05, 0.1) is 7.11 Å². The number of methoxy groups -OCH3 is 1. The molecule has 5 heteroatoms. The molecule has 0 N–H and O–H groups in total. The second-order valence-corrected chi connectivity index (χ2v) is 3.02. The van der Waals surface area contributed by atoms with Gasteiger partial charge in [0.25, 0.3) is 5.89 Å². The van der Waals surface area contributed by atoms with E-state index in [1.807, 2.05) is 12.1 Å². The van der Waals surface area contributed by atoms with Gasteiger partial charge in [-0.3, -0.25) is 0 Å². The summed E-state index contributed by atoms with van der Waals surface area (Å²) in [5, 5.41) is 8.08. The zero-order valence-electron chi connectivity index (χ0n) is 7.40. The van der Waals surface area contributed by atoms with Crippen molar-refractivity contribution < 1.29 is 9.15 Å². The molecule has 0 bridgehead atoms. The summed E-state index contributed by atoms with van der Waals surface area (Å²) >= 11 is 5.81. The highest BCUT2D eigenvalue weighted by molar-refractivity contribution is 6.30. The topological polar surface area (TPSA) is 48.2 Å². The Morgan fingerprint density at radius 3 is 2.86 bits per heavy atom. The first-order valence-electron chi connectivity index (χ1n) is 3.93. The van der Waals surface area contributed by atoms with E-state index in [0.717, 1.165) is 5.56 Å². The lowest BCUT2D eigenvalue weighted by molar-refractivity contribution is 0.293. The molecule has 0 amide bonds. The first kappa shape index (κ1) is 9.02. The number of hydrogen-bond acceptors (Lipinski definition) is 4. The average molecular weight is 211 g/mol. The van der Waals surface area contributed by atoms with E-state index in [4.69, 9.17) is 20.8 Å². The maximum absolute atomic E-state index is 5.81. The van der Waals surface area contributed by atoms with E-state index in [9.17, 15) is 0 Å². The molecule has 0 radical (unpaired) electrons. The average Bonchev–Trinajstić information content (AvgIpc) is 2.66. The van der Waals surface area contributed by atoms with Crippen LogP contribution in [0.4, 0.5) is 0 Å². The molecule has 2 rings (SSSR count). The van der Waals surface area contributed by atoms with E-state index in [2.05, 4.69) is 10.2 Å². The lowest BCUT2D eigenvalue weighted by Gasteiger charge is -1.94. The van der Waals surface area contributed by atoms with Gasteiger partial charge < -0.3 is 9.15 Å². The molecule has 0 saturated carbocycles. The van der Waals surface area contributed by atoms with Crippen molar-refractivity contribution in [3.05, 3.63) is 29.3 Å². The molecule has 0 aliphatic carbocycles. The summed E-state index contributed by atoms with van der Waals surface area (Å²) in [7, 11) is 1.47. The molecule has 2 aromatic rings. The Kier molecular flexibility index (Phi) is 2.37. The molecule has 0 spiro atoms. The van der Waals surface area contributed by atoms with E-state index < -0.39 is 0 Å². The van der Waals surface area contributed by atoms with Gasteiger partial charge in [0.15, 0.2) is 0 Å². The number of ether oxygens (including phenoxy) is 1. The fraction of sp³-hybridized carbons (Fsp3) is 0.111. The van der Waals surface area contributed by atoms with Crippen LogP contribution < -0.4 is 4.74 Å². The van der Waals surface area contributed by atoms with Gasteiger partial charge in [0, 0.05) is 10.6 Å². The van der Waals surface area contributed by atoms with Gasteiger partial charge in [-0.1, -0.05) is 22.8 Å². The molecule has 4 nitrogen and oxygen atoms in total. The second kappa shape index (κ2) is 3.67. The smallest absolute Gasteiger partial charge is 0.414 e. The van der Waals surface area contributed by atoms with Crippen molar-refractivity contribution in [1.82, 2.24) is 10.2 Å². The van der Waals surface area contributed by atoms with Crippen molar-refractivity contribution in [1.29, 1.82) is 0 Å². The van der Waals surface area contributed by atoms with Crippen molar-refractivity contribution in [2.75, 3.05) is 7.11 Å². The predicted molar refractivity (Wildman–Crippen MR) is 51.3 cm³/mol. The van der Waals surface area contributed by atoms with Crippen LogP contribution in [0.15, 0.2) is 28.7 Å². The molecule has 0 atom stereocenters. The van der Waals surface area contributed by atoms with Crippen molar-refractivity contribution in [2.24, 2.45) is 0 Å². The molecule has 14 heavy (non-hydrogen) atoms. The molecular formula is C9H7ClN2O2. The molecule has 0 aliphatic heterocycles. The van der Waals surface area contributed by atoms with Crippen molar-refractivity contribution >= 4 is 11.6 Å². The molecule has 0 saturated heterocycles. The van der Waals surface area contributed by atoms with Crippen molar-refractivity contribution in [3.8, 4) is 17.5 Å². The number of aromatic nitrogens is 2. The number of nitrogens with zero attached hydrogens (tertiary/aromatic N) is 2. The molecular weight excluding hydrogens is 204 g/mol. The SMILES string of the molecule is COc1nnc(-c2cccc(Cl)c2)o1. The van der Waals surface area contributed by atoms with Crippen LogP contribution in [0.3, 0.4) is 0 Å². The predicted octanol–water partition coefficient (Wildman–Crippen LogP) is 2.40. The highest BCUT2D eigenvalue weighted by Crippen LogP contribution is 2.23. The maximum Gasteiger partial charge on any atom is 0.414 e. The van der Waals surface area contributed by atoms with E-state index in [1.54, 1.807) is 12.1 Å². The third-order valence-electron chi connectivity index (χ3n) is 1.65. The molecule has 0 unspecified atom stereocenters. The molecule has 0 aliphatic rings. The van der Waals surface area contributed by atoms with Gasteiger partial charge in [-0.15, -0.1) is 5.10 Å². The van der Waals surface area contributed by atoms with Crippen LogP contribution in [0, 0.1) is 0 Å². The van der Waals surface area contributed by atoms with Crippen LogP contribution in [0.25, 0.3) is 11.5 Å². The lowest BCUT2D eigenvalue weighted by atomic mass is 10.2. The van der Waals surface area contributed by atoms with Crippen LogP contribution in [-0.2, 0) is 0 Å². The summed E-state index contributed by atoms with van der Waals surface area (Å²) in [4.78, 5) is 0. The fourth-order valence-electron chi connectivity index (χ4n) is 1.03. The summed E-state index contributed by atoms with van der Waals surface area (Å²) in [6, 6.07) is 7.17. The van der Waals surface area contributed by atoms with E-state index in [1.165, 1.54) is 7.11 Å². The van der Waals surface area contributed by atoms with Crippen LogP contribution in [0.2, 0.25) is 5.02 Å². The summed E-state index contributed by atoms with van der Waals surface area (Å²) < 4.78 is 9.94. The van der Waals surface area contributed by atoms with Gasteiger partial charge in [-0.2, -0.15) is 0 Å². The van der Waals surface area contributed by atoms with Crippen LogP contribution in [-0.4, -0.2) is 17.3 Å². The molecule has 1 aromatic heterocycles. The van der Waals surface area contributed by atoms with Gasteiger partial charge in [-0.25, -0.2) is 0 Å². The van der Waals surface area contributed by atoms with E-state index in [0.29, 0.717) is 10.9 Å². The molecule has 72 valence electrons. The molecule has 1 heterocycles. The summed E-state index contributed by atoms with van der Waals surface area (Å²) in [5.74, 6) is 0.393. The van der Waals surface area contributed by atoms with Crippen LogP contribution in [0.5, 0.6) is 6.08 Å². The standard InChI is InChI=1S/C9H7ClN2O2/c1-13-9-12-11-8(14-9)6-3-2-4-7(10)5-6/h2-5H,1H3. The highest BCUT2D eigenvalue weighted by atomic mass is 35.5. The largest absolute Gasteiger partial charge is 0.452 e. The Labute approximate surface area is 85.5 Å². The molecule has 1 aromatic carbocycles. The first-order valence-corrected chi connectivity index (χ1v) is 4.31. The lowest BCUT2D eigenvalue weighted by Crippen LogP contribution is -1.79. The molecule has 0 fully saturated rings. The van der Waals surface area contributed by atoms with Crippen molar-refractivity contribution in [2.45, 2.75) is 0 Å². The summed E-state index contributed by atoms with van der Waals surface area (Å²) in [6.07, 6.45) is 0.139. The van der Waals surface area contributed by atoms with Gasteiger partial charge in [0.2, 0.25) is 0 Å². The van der Waals surface area contributed by atoms with Gasteiger partial charge in [0.1, 0.15) is 0 Å². The maximum atomic E-state index is 5.81. The van der Waals surface area contributed by atoms with Crippen LogP contribution in [0.1, 0.15) is 0 Å².